The number of rotatable bonds is 7. The van der Waals surface area contributed by atoms with Crippen molar-refractivity contribution < 1.29 is 19.5 Å². The van der Waals surface area contributed by atoms with Gasteiger partial charge in [-0.3, -0.25) is 4.79 Å². The Morgan fingerprint density at radius 1 is 1.12 bits per heavy atom. The van der Waals surface area contributed by atoms with Gasteiger partial charge < -0.3 is 15.7 Å². The Labute approximate surface area is 157 Å². The standard InChI is InChI=1S/C15H19N5O4S2/c1-9(21)17-14-18-10(8-25-14)2-3-11-4-5-12(26-11)6-7-16-13(22)19-20-15(23)24/h4-5,8,20H,2-3,6-7H2,1H3,(H,23,24)(H2,16,19,22)(H,17,18,21). The van der Waals surface area contributed by atoms with Crippen LogP contribution in [0.25, 0.3) is 0 Å². The van der Waals surface area contributed by atoms with Gasteiger partial charge in [0.25, 0.3) is 0 Å². The van der Waals surface area contributed by atoms with Crippen molar-refractivity contribution in [1.29, 1.82) is 0 Å². The van der Waals surface area contributed by atoms with Crippen LogP contribution in [0.2, 0.25) is 0 Å². The van der Waals surface area contributed by atoms with Crippen LogP contribution in [0.5, 0.6) is 0 Å². The molecule has 2 rings (SSSR count). The molecule has 0 atom stereocenters. The van der Waals surface area contributed by atoms with E-state index < -0.39 is 12.1 Å². The average Bonchev–Trinajstić information content (AvgIpc) is 3.20. The number of aryl methyl sites for hydroxylation is 2. The van der Waals surface area contributed by atoms with Gasteiger partial charge in [-0.2, -0.15) is 0 Å². The molecule has 0 saturated carbocycles. The number of carbonyl (C=O) groups excluding carboxylic acids is 2. The Hall–Kier alpha value is -2.66. The molecule has 0 aromatic carbocycles. The molecule has 0 aliphatic rings. The molecule has 5 N–H and O–H groups in total. The molecule has 0 radical (unpaired) electrons. The Morgan fingerprint density at radius 3 is 2.54 bits per heavy atom. The van der Waals surface area contributed by atoms with Crippen molar-refractivity contribution in [3.05, 3.63) is 33.0 Å². The molecule has 4 amide bonds. The first-order valence-corrected chi connectivity index (χ1v) is 9.44. The molecule has 140 valence electrons. The van der Waals surface area contributed by atoms with Crippen LogP contribution in [-0.4, -0.2) is 34.7 Å². The van der Waals surface area contributed by atoms with Crippen LogP contribution in [0.1, 0.15) is 22.4 Å². The molecule has 26 heavy (non-hydrogen) atoms. The number of anilines is 1. The van der Waals surface area contributed by atoms with E-state index in [1.165, 1.54) is 23.1 Å². The number of nitrogens with one attached hydrogen (secondary N) is 4. The maximum atomic E-state index is 11.3. The van der Waals surface area contributed by atoms with Gasteiger partial charge in [0.05, 0.1) is 5.69 Å². The lowest BCUT2D eigenvalue weighted by molar-refractivity contribution is -0.114. The van der Waals surface area contributed by atoms with E-state index in [-0.39, 0.29) is 5.91 Å². The van der Waals surface area contributed by atoms with E-state index in [9.17, 15) is 14.4 Å². The van der Waals surface area contributed by atoms with Gasteiger partial charge in [-0.05, 0) is 31.4 Å². The summed E-state index contributed by atoms with van der Waals surface area (Å²) >= 11 is 3.07. The van der Waals surface area contributed by atoms with Gasteiger partial charge in [0.15, 0.2) is 5.13 Å². The van der Waals surface area contributed by atoms with Crippen molar-refractivity contribution in [2.45, 2.75) is 26.2 Å². The van der Waals surface area contributed by atoms with Crippen LogP contribution in [0.15, 0.2) is 17.5 Å². The van der Waals surface area contributed by atoms with Crippen molar-refractivity contribution in [2.24, 2.45) is 0 Å². The first-order valence-electron chi connectivity index (χ1n) is 7.74. The summed E-state index contributed by atoms with van der Waals surface area (Å²) < 4.78 is 0. The molecule has 0 aliphatic heterocycles. The molecule has 0 bridgehead atoms. The van der Waals surface area contributed by atoms with Gasteiger partial charge >= 0.3 is 12.1 Å². The number of thiazole rings is 1. The fraction of sp³-hybridized carbons (Fsp3) is 0.333. The molecular formula is C15H19N5O4S2. The van der Waals surface area contributed by atoms with Gasteiger partial charge in [0.2, 0.25) is 5.91 Å². The van der Waals surface area contributed by atoms with Crippen LogP contribution < -0.4 is 21.5 Å². The number of urea groups is 1. The largest absolute Gasteiger partial charge is 0.464 e. The number of thiophene rings is 1. The fourth-order valence-corrected chi connectivity index (χ4v) is 3.83. The van der Waals surface area contributed by atoms with Crippen molar-refractivity contribution in [1.82, 2.24) is 21.2 Å². The molecule has 9 nitrogen and oxygen atoms in total. The Kier molecular flexibility index (Phi) is 7.36. The summed E-state index contributed by atoms with van der Waals surface area (Å²) in [5.41, 5.74) is 4.71. The Morgan fingerprint density at radius 2 is 1.85 bits per heavy atom. The molecule has 2 aromatic rings. The SMILES string of the molecule is CC(=O)Nc1nc(CCc2ccc(CCNC(=O)NNC(=O)O)s2)cs1. The highest BCUT2D eigenvalue weighted by Gasteiger charge is 2.06. The van der Waals surface area contributed by atoms with Gasteiger partial charge in [0, 0.05) is 28.6 Å². The quantitative estimate of drug-likeness (QED) is 0.456. The van der Waals surface area contributed by atoms with Gasteiger partial charge in [-0.25, -0.2) is 25.4 Å². The summed E-state index contributed by atoms with van der Waals surface area (Å²) in [5, 5.41) is 16.1. The molecule has 0 aliphatic carbocycles. The van der Waals surface area contributed by atoms with Crippen LogP contribution in [0.4, 0.5) is 14.7 Å². The molecule has 0 unspecified atom stereocenters. The van der Waals surface area contributed by atoms with E-state index >= 15 is 0 Å². The third-order valence-corrected chi connectivity index (χ3v) is 5.13. The maximum absolute atomic E-state index is 11.3. The van der Waals surface area contributed by atoms with Crippen molar-refractivity contribution in [2.75, 3.05) is 11.9 Å². The Balaban J connectivity index is 1.70. The number of hydrazine groups is 1. The highest BCUT2D eigenvalue weighted by molar-refractivity contribution is 7.14. The number of amides is 4. The van der Waals surface area contributed by atoms with Crippen molar-refractivity contribution in [3.8, 4) is 0 Å². The van der Waals surface area contributed by atoms with Crippen molar-refractivity contribution in [3.63, 3.8) is 0 Å². The Bertz CT molecular complexity index is 774. The zero-order valence-electron chi connectivity index (χ0n) is 14.0. The normalized spacial score (nSPS) is 10.2. The monoisotopic (exact) mass is 397 g/mol. The molecule has 0 saturated heterocycles. The van der Waals surface area contributed by atoms with Crippen LogP contribution in [0.3, 0.4) is 0 Å². The lowest BCUT2D eigenvalue weighted by Crippen LogP contribution is -2.46. The number of hydrogen-bond donors (Lipinski definition) is 5. The predicted octanol–water partition coefficient (Wildman–Crippen LogP) is 1.97. The lowest BCUT2D eigenvalue weighted by atomic mass is 10.2. The average molecular weight is 397 g/mol. The fourth-order valence-electron chi connectivity index (χ4n) is 2.03. The van der Waals surface area contributed by atoms with E-state index in [4.69, 9.17) is 5.11 Å². The van der Waals surface area contributed by atoms with Gasteiger partial charge in [-0.15, -0.1) is 22.7 Å². The molecule has 2 heterocycles. The van der Waals surface area contributed by atoms with Crippen LogP contribution >= 0.6 is 22.7 Å². The smallest absolute Gasteiger partial charge is 0.423 e. The van der Waals surface area contributed by atoms with E-state index in [1.807, 2.05) is 22.9 Å². The molecular weight excluding hydrogens is 378 g/mol. The number of aromatic nitrogens is 1. The maximum Gasteiger partial charge on any atom is 0.423 e. The molecule has 0 fully saturated rings. The topological polar surface area (TPSA) is 132 Å². The summed E-state index contributed by atoms with van der Waals surface area (Å²) in [7, 11) is 0. The number of nitrogens with zero attached hydrogens (tertiary/aromatic N) is 1. The third-order valence-electron chi connectivity index (χ3n) is 3.12. The van der Waals surface area contributed by atoms with Crippen LogP contribution in [-0.2, 0) is 24.1 Å². The first-order chi connectivity index (χ1) is 12.4. The summed E-state index contributed by atoms with van der Waals surface area (Å²) in [5.74, 6) is -0.130. The lowest BCUT2D eigenvalue weighted by Gasteiger charge is -2.05. The zero-order valence-corrected chi connectivity index (χ0v) is 15.6. The van der Waals surface area contributed by atoms with E-state index in [0.717, 1.165) is 23.4 Å². The first kappa shape index (κ1) is 19.7. The molecule has 11 heteroatoms. The zero-order chi connectivity index (χ0) is 18.9. The van der Waals surface area contributed by atoms with Crippen molar-refractivity contribution >= 4 is 45.8 Å². The van der Waals surface area contributed by atoms with E-state index in [1.54, 1.807) is 16.8 Å². The minimum absolute atomic E-state index is 0.130. The number of carboxylic acid groups (broad SMARTS) is 1. The van der Waals surface area contributed by atoms with Crippen LogP contribution in [0, 0.1) is 0 Å². The number of carbonyl (C=O) groups is 3. The second-order valence-corrected chi connectivity index (χ2v) is 7.37. The van der Waals surface area contributed by atoms with E-state index in [0.29, 0.717) is 18.1 Å². The minimum Gasteiger partial charge on any atom is -0.464 e. The van der Waals surface area contributed by atoms with Gasteiger partial charge in [0.1, 0.15) is 0 Å². The second kappa shape index (κ2) is 9.73. The highest BCUT2D eigenvalue weighted by Crippen LogP contribution is 2.21. The number of hydrogen-bond acceptors (Lipinski definition) is 6. The summed E-state index contributed by atoms with van der Waals surface area (Å²) in [4.78, 5) is 39.2. The van der Waals surface area contributed by atoms with E-state index in [2.05, 4.69) is 15.6 Å². The molecule has 2 aromatic heterocycles. The predicted molar refractivity (Wildman–Crippen MR) is 99.5 cm³/mol. The summed E-state index contributed by atoms with van der Waals surface area (Å²) in [6, 6.07) is 3.47. The third kappa shape index (κ3) is 7.07. The van der Waals surface area contributed by atoms with Gasteiger partial charge in [-0.1, -0.05) is 0 Å². The molecule has 0 spiro atoms. The summed E-state index contributed by atoms with van der Waals surface area (Å²) in [6.45, 7) is 1.86. The highest BCUT2D eigenvalue weighted by atomic mass is 32.1. The minimum atomic E-state index is -1.33. The second-order valence-electron chi connectivity index (χ2n) is 5.25. The summed E-state index contributed by atoms with van der Waals surface area (Å²) in [6.07, 6.45) is 0.976.